The van der Waals surface area contributed by atoms with Crippen LogP contribution >= 0.6 is 0 Å². The van der Waals surface area contributed by atoms with E-state index in [4.69, 9.17) is 4.74 Å². The molecule has 0 atom stereocenters. The van der Waals surface area contributed by atoms with Gasteiger partial charge >= 0.3 is 5.97 Å². The van der Waals surface area contributed by atoms with E-state index >= 15 is 0 Å². The Kier molecular flexibility index (Phi) is 15.5. The lowest BCUT2D eigenvalue weighted by atomic mass is 10.1. The third-order valence-electron chi connectivity index (χ3n) is 6.17. The van der Waals surface area contributed by atoms with Crippen molar-refractivity contribution in [2.75, 3.05) is 18.5 Å². The van der Waals surface area contributed by atoms with Gasteiger partial charge in [-0.25, -0.2) is 0 Å². The molecular weight excluding hydrogens is 398 g/mol. The Labute approximate surface area is 193 Å². The number of rotatable bonds is 19. The molecule has 31 heavy (non-hydrogen) atoms. The molecule has 0 spiro atoms. The maximum Gasteiger partial charge on any atom is 0.310 e. The number of nitrogens with one attached hydrogen (secondary N) is 1. The van der Waals surface area contributed by atoms with Crippen LogP contribution in [0.4, 0.5) is 5.69 Å². The highest BCUT2D eigenvalue weighted by Crippen LogP contribution is 2.22. The summed E-state index contributed by atoms with van der Waals surface area (Å²) in [5.41, 5.74) is 2.15. The van der Waals surface area contributed by atoms with Crippen LogP contribution in [-0.2, 0) is 16.0 Å². The second-order valence-electron chi connectivity index (χ2n) is 9.81. The fourth-order valence-corrected chi connectivity index (χ4v) is 6.73. The Bertz CT molecular complexity index is 571. The summed E-state index contributed by atoms with van der Waals surface area (Å²) in [5, 5.41) is 3.54. The Morgan fingerprint density at radius 2 is 1.35 bits per heavy atom. The quantitative estimate of drug-likeness (QED) is 0.132. The van der Waals surface area contributed by atoms with E-state index in [1.807, 2.05) is 19.1 Å². The molecule has 0 saturated carbocycles. The summed E-state index contributed by atoms with van der Waals surface area (Å²) in [7, 11) is -1.06. The number of ether oxygens (including phenoxy) is 1. The van der Waals surface area contributed by atoms with Crippen molar-refractivity contribution in [3.8, 4) is 0 Å². The zero-order valence-electron chi connectivity index (χ0n) is 20.9. The predicted octanol–water partition coefficient (Wildman–Crippen LogP) is 8.22. The Morgan fingerprint density at radius 1 is 0.806 bits per heavy atom. The molecule has 0 aliphatic heterocycles. The Balaban J connectivity index is 2.07. The molecule has 0 aliphatic carbocycles. The molecule has 0 unspecified atom stereocenters. The average molecular weight is 448 g/mol. The number of benzene rings is 1. The molecule has 0 amide bonds. The van der Waals surface area contributed by atoms with E-state index in [1.165, 1.54) is 82.7 Å². The van der Waals surface area contributed by atoms with E-state index in [2.05, 4.69) is 37.5 Å². The second-order valence-corrected chi connectivity index (χ2v) is 15.1. The summed E-state index contributed by atoms with van der Waals surface area (Å²) >= 11 is 0. The number of hydrogen-bond donors (Lipinski definition) is 1. The van der Waals surface area contributed by atoms with E-state index in [9.17, 15) is 4.79 Å². The first-order valence-corrected chi connectivity index (χ1v) is 16.4. The first-order chi connectivity index (χ1) is 15.0. The topological polar surface area (TPSA) is 38.3 Å². The minimum absolute atomic E-state index is 0.155. The SMILES string of the molecule is CCCCCCCCCCCC[Si](C)(C)CCCNc1ccc(CC(=O)OCC)cc1. The van der Waals surface area contributed by atoms with Gasteiger partial charge in [-0.05, 0) is 31.0 Å². The van der Waals surface area contributed by atoms with Gasteiger partial charge in [0.25, 0.3) is 0 Å². The van der Waals surface area contributed by atoms with Crippen LogP contribution in [0.2, 0.25) is 25.2 Å². The molecule has 0 radical (unpaired) electrons. The van der Waals surface area contributed by atoms with Gasteiger partial charge in [-0.3, -0.25) is 4.79 Å². The standard InChI is InChI=1S/C27H49NO2Si/c1-5-7-8-9-10-11-12-13-14-15-22-31(3,4)23-16-21-28-26-19-17-25(18-20-26)24-27(29)30-6-2/h17-20,28H,5-16,21-24H2,1-4H3. The Hall–Kier alpha value is -1.29. The highest BCUT2D eigenvalue weighted by atomic mass is 28.3. The van der Waals surface area contributed by atoms with Gasteiger partial charge in [0.2, 0.25) is 0 Å². The molecular formula is C27H49NO2Si. The largest absolute Gasteiger partial charge is 0.466 e. The third kappa shape index (κ3) is 15.2. The smallest absolute Gasteiger partial charge is 0.310 e. The fourth-order valence-electron chi connectivity index (χ4n) is 4.13. The van der Waals surface area contributed by atoms with Gasteiger partial charge < -0.3 is 10.1 Å². The number of carbonyl (C=O) groups excluding carboxylic acids is 1. The molecule has 178 valence electrons. The Morgan fingerprint density at radius 3 is 1.94 bits per heavy atom. The summed E-state index contributed by atoms with van der Waals surface area (Å²) in [6.07, 6.45) is 15.9. The van der Waals surface area contributed by atoms with Crippen LogP contribution in [0.3, 0.4) is 0 Å². The number of anilines is 1. The molecule has 0 fully saturated rings. The van der Waals surface area contributed by atoms with Crippen LogP contribution in [0.25, 0.3) is 0 Å². The highest BCUT2D eigenvalue weighted by molar-refractivity contribution is 6.77. The summed E-state index contributed by atoms with van der Waals surface area (Å²) < 4.78 is 5.01. The maximum absolute atomic E-state index is 11.6. The van der Waals surface area contributed by atoms with Crippen LogP contribution in [0.15, 0.2) is 24.3 Å². The summed E-state index contributed by atoms with van der Waals surface area (Å²) in [5.74, 6) is -0.155. The van der Waals surface area contributed by atoms with Gasteiger partial charge in [0, 0.05) is 20.3 Å². The van der Waals surface area contributed by atoms with Crippen LogP contribution in [-0.4, -0.2) is 27.2 Å². The third-order valence-corrected chi connectivity index (χ3v) is 9.59. The lowest BCUT2D eigenvalue weighted by molar-refractivity contribution is -0.142. The number of unbranched alkanes of at least 4 members (excludes halogenated alkanes) is 9. The van der Waals surface area contributed by atoms with Crippen molar-refractivity contribution in [3.05, 3.63) is 29.8 Å². The maximum atomic E-state index is 11.6. The van der Waals surface area contributed by atoms with E-state index in [1.54, 1.807) is 0 Å². The van der Waals surface area contributed by atoms with Crippen molar-refractivity contribution in [1.29, 1.82) is 0 Å². The lowest BCUT2D eigenvalue weighted by Gasteiger charge is -2.22. The van der Waals surface area contributed by atoms with Crippen LogP contribution in [0.1, 0.15) is 90.0 Å². The molecule has 1 aromatic carbocycles. The van der Waals surface area contributed by atoms with Gasteiger partial charge in [0.05, 0.1) is 13.0 Å². The molecule has 4 heteroatoms. The molecule has 0 heterocycles. The van der Waals surface area contributed by atoms with Crippen molar-refractivity contribution < 1.29 is 9.53 Å². The van der Waals surface area contributed by atoms with Crippen molar-refractivity contribution in [2.45, 2.75) is 116 Å². The van der Waals surface area contributed by atoms with Crippen LogP contribution < -0.4 is 5.32 Å². The molecule has 0 aliphatic rings. The van der Waals surface area contributed by atoms with Crippen molar-refractivity contribution >= 4 is 19.7 Å². The molecule has 1 N–H and O–H groups in total. The summed E-state index contributed by atoms with van der Waals surface area (Å²) in [4.78, 5) is 11.6. The van der Waals surface area contributed by atoms with E-state index in [0.717, 1.165) is 17.8 Å². The van der Waals surface area contributed by atoms with Crippen molar-refractivity contribution in [2.24, 2.45) is 0 Å². The van der Waals surface area contributed by atoms with Gasteiger partial charge in [-0.1, -0.05) is 108 Å². The van der Waals surface area contributed by atoms with E-state index in [-0.39, 0.29) is 5.97 Å². The van der Waals surface area contributed by atoms with Crippen LogP contribution in [0, 0.1) is 0 Å². The lowest BCUT2D eigenvalue weighted by Crippen LogP contribution is -2.25. The summed E-state index contributed by atoms with van der Waals surface area (Å²) in [6.45, 7) is 10.7. The number of carbonyl (C=O) groups is 1. The van der Waals surface area contributed by atoms with Gasteiger partial charge in [-0.15, -0.1) is 0 Å². The van der Waals surface area contributed by atoms with Crippen LogP contribution in [0.5, 0.6) is 0 Å². The molecule has 0 aromatic heterocycles. The second kappa shape index (κ2) is 17.3. The van der Waals surface area contributed by atoms with Gasteiger partial charge in [0.1, 0.15) is 0 Å². The minimum atomic E-state index is -1.06. The van der Waals surface area contributed by atoms with E-state index < -0.39 is 8.07 Å². The van der Waals surface area contributed by atoms with Gasteiger partial charge in [-0.2, -0.15) is 0 Å². The fraction of sp³-hybridized carbons (Fsp3) is 0.741. The zero-order chi connectivity index (χ0) is 22.8. The predicted molar refractivity (Wildman–Crippen MR) is 139 cm³/mol. The molecule has 1 rings (SSSR count). The minimum Gasteiger partial charge on any atom is -0.466 e. The molecule has 1 aromatic rings. The molecule has 3 nitrogen and oxygen atoms in total. The molecule has 0 bridgehead atoms. The average Bonchev–Trinajstić information content (AvgIpc) is 2.74. The van der Waals surface area contributed by atoms with E-state index in [0.29, 0.717) is 13.0 Å². The van der Waals surface area contributed by atoms with Gasteiger partial charge in [0.15, 0.2) is 0 Å². The first-order valence-electron chi connectivity index (χ1n) is 13.0. The molecule has 0 saturated heterocycles. The monoisotopic (exact) mass is 447 g/mol. The zero-order valence-corrected chi connectivity index (χ0v) is 21.9. The first kappa shape index (κ1) is 27.7. The van der Waals surface area contributed by atoms with Crippen molar-refractivity contribution in [1.82, 2.24) is 0 Å². The highest BCUT2D eigenvalue weighted by Gasteiger charge is 2.19. The summed E-state index contributed by atoms with van der Waals surface area (Å²) in [6, 6.07) is 11.1. The van der Waals surface area contributed by atoms with Crippen molar-refractivity contribution in [3.63, 3.8) is 0 Å². The number of esters is 1. The number of hydrogen-bond acceptors (Lipinski definition) is 3. The normalized spacial score (nSPS) is 11.5.